The number of hydrogen-bond acceptors (Lipinski definition) is 5. The Labute approximate surface area is 235 Å². The Balaban J connectivity index is 1.36. The Morgan fingerprint density at radius 1 is 0.950 bits per heavy atom. The molecule has 2 fully saturated rings. The van der Waals surface area contributed by atoms with E-state index >= 15 is 0 Å². The molecule has 4 amide bonds. The maximum atomic E-state index is 14.3. The Morgan fingerprint density at radius 3 is 2.30 bits per heavy atom. The van der Waals surface area contributed by atoms with Gasteiger partial charge in [-0.1, -0.05) is 50.2 Å². The average Bonchev–Trinajstić information content (AvgIpc) is 3.28. The van der Waals surface area contributed by atoms with Gasteiger partial charge in [-0.25, -0.2) is 9.69 Å². The van der Waals surface area contributed by atoms with Gasteiger partial charge in [0.2, 0.25) is 5.91 Å². The fraction of sp³-hybridized carbons (Fsp3) is 0.375. The number of benzene rings is 2. The molecule has 1 aromatic heterocycles. The smallest absolute Gasteiger partial charge is 0.310 e. The van der Waals surface area contributed by atoms with Gasteiger partial charge in [0.15, 0.2) is 0 Å². The van der Waals surface area contributed by atoms with Crippen molar-refractivity contribution < 1.29 is 14.4 Å². The minimum absolute atomic E-state index is 0.0218. The number of urea groups is 1. The highest BCUT2D eigenvalue weighted by Crippen LogP contribution is 2.45. The molecule has 0 aliphatic carbocycles. The van der Waals surface area contributed by atoms with Gasteiger partial charge in [0.05, 0.1) is 5.69 Å². The Morgan fingerprint density at radius 2 is 1.65 bits per heavy atom. The monoisotopic (exact) mass is 537 g/mol. The third-order valence-electron chi connectivity index (χ3n) is 8.60. The van der Waals surface area contributed by atoms with Crippen LogP contribution in [-0.4, -0.2) is 57.8 Å². The predicted molar refractivity (Wildman–Crippen MR) is 154 cm³/mol. The third-order valence-corrected chi connectivity index (χ3v) is 8.60. The van der Waals surface area contributed by atoms with Crippen LogP contribution in [0.3, 0.4) is 0 Å². The van der Waals surface area contributed by atoms with Gasteiger partial charge in [0.25, 0.3) is 5.91 Å². The predicted octanol–water partition coefficient (Wildman–Crippen LogP) is 4.90. The lowest BCUT2D eigenvalue weighted by Gasteiger charge is -2.39. The first-order valence-electron chi connectivity index (χ1n) is 13.9. The van der Waals surface area contributed by atoms with Crippen molar-refractivity contribution >= 4 is 29.2 Å². The number of pyridine rings is 1. The van der Waals surface area contributed by atoms with Crippen LogP contribution < -0.4 is 9.80 Å². The number of imide groups is 1. The SMILES string of the molecule is CC1(C)CN(C(=O)C(c2ccccc2)N2CCC2)c2cc(N3C(=O)N(Cc4ccncc4)C(C)(C)C3=O)ccc21. The first-order valence-corrected chi connectivity index (χ1v) is 13.9. The largest absolute Gasteiger partial charge is 0.332 e. The minimum Gasteiger partial charge on any atom is -0.310 e. The molecule has 0 radical (unpaired) electrons. The van der Waals surface area contributed by atoms with Crippen molar-refractivity contribution in [1.82, 2.24) is 14.8 Å². The summed E-state index contributed by atoms with van der Waals surface area (Å²) in [6.07, 6.45) is 4.44. The van der Waals surface area contributed by atoms with E-state index in [0.29, 0.717) is 18.8 Å². The minimum atomic E-state index is -1.02. The maximum absolute atomic E-state index is 14.3. The van der Waals surface area contributed by atoms with Crippen LogP contribution in [-0.2, 0) is 21.5 Å². The summed E-state index contributed by atoms with van der Waals surface area (Å²) < 4.78 is 0. The zero-order chi connectivity index (χ0) is 28.2. The second-order valence-corrected chi connectivity index (χ2v) is 12.1. The number of fused-ring (bicyclic) bond motifs is 1. The van der Waals surface area contributed by atoms with Crippen molar-refractivity contribution in [2.75, 3.05) is 29.4 Å². The molecule has 40 heavy (non-hydrogen) atoms. The lowest BCUT2D eigenvalue weighted by atomic mass is 9.87. The normalized spacial score (nSPS) is 20.4. The molecule has 8 heteroatoms. The van der Waals surface area contributed by atoms with Crippen molar-refractivity contribution in [3.05, 3.63) is 89.7 Å². The van der Waals surface area contributed by atoms with Gasteiger partial charge in [-0.2, -0.15) is 0 Å². The van der Waals surface area contributed by atoms with Gasteiger partial charge in [-0.05, 0) is 61.2 Å². The molecule has 1 unspecified atom stereocenters. The van der Waals surface area contributed by atoms with Crippen LogP contribution in [0.2, 0.25) is 0 Å². The summed E-state index contributed by atoms with van der Waals surface area (Å²) in [6, 6.07) is 18.5. The van der Waals surface area contributed by atoms with Crippen molar-refractivity contribution in [3.8, 4) is 0 Å². The number of anilines is 2. The van der Waals surface area contributed by atoms with Crippen molar-refractivity contribution in [3.63, 3.8) is 0 Å². The van der Waals surface area contributed by atoms with E-state index in [-0.39, 0.29) is 29.3 Å². The Kier molecular flexibility index (Phi) is 6.26. The summed E-state index contributed by atoms with van der Waals surface area (Å²) in [5.74, 6) is -0.266. The van der Waals surface area contributed by atoms with Crippen LogP contribution in [0.5, 0.6) is 0 Å². The standard InChI is InChI=1S/C32H35N5O3/c1-31(2)21-35(28(38)27(34-17-8-18-34)23-9-6-5-7-10-23)26-19-24(11-12-25(26)31)37-29(39)32(3,4)36(30(37)40)20-22-13-15-33-16-14-22/h5-7,9-16,19,27H,8,17-18,20-21H2,1-4H3. The molecule has 206 valence electrons. The average molecular weight is 538 g/mol. The van der Waals surface area contributed by atoms with Crippen molar-refractivity contribution in [2.45, 2.75) is 57.7 Å². The van der Waals surface area contributed by atoms with E-state index in [4.69, 9.17) is 0 Å². The summed E-state index contributed by atoms with van der Waals surface area (Å²) in [4.78, 5) is 52.7. The molecule has 3 aliphatic rings. The topological polar surface area (TPSA) is 77.1 Å². The number of rotatable bonds is 6. The van der Waals surface area contributed by atoms with E-state index in [1.807, 2.05) is 65.6 Å². The van der Waals surface area contributed by atoms with Crippen LogP contribution in [0.1, 0.15) is 56.8 Å². The quantitative estimate of drug-likeness (QED) is 0.418. The van der Waals surface area contributed by atoms with E-state index in [1.54, 1.807) is 31.1 Å². The van der Waals surface area contributed by atoms with Gasteiger partial charge in [0, 0.05) is 49.7 Å². The zero-order valence-electron chi connectivity index (χ0n) is 23.5. The van der Waals surface area contributed by atoms with Crippen LogP contribution in [0.15, 0.2) is 73.1 Å². The van der Waals surface area contributed by atoms with E-state index in [1.165, 1.54) is 4.90 Å². The summed E-state index contributed by atoms with van der Waals surface area (Å²) >= 11 is 0. The van der Waals surface area contributed by atoms with Crippen molar-refractivity contribution in [1.29, 1.82) is 0 Å². The summed E-state index contributed by atoms with van der Waals surface area (Å²) in [5, 5.41) is 0. The number of carbonyl (C=O) groups is 3. The molecule has 1 atom stereocenters. The van der Waals surface area contributed by atoms with Crippen molar-refractivity contribution in [2.24, 2.45) is 0 Å². The molecule has 0 spiro atoms. The third kappa shape index (κ3) is 4.18. The van der Waals surface area contributed by atoms with Gasteiger partial charge in [0.1, 0.15) is 11.6 Å². The molecular formula is C32H35N5O3. The van der Waals surface area contributed by atoms with E-state index in [2.05, 4.69) is 23.7 Å². The molecule has 3 aliphatic heterocycles. The number of aromatic nitrogens is 1. The lowest BCUT2D eigenvalue weighted by molar-refractivity contribution is -0.125. The first kappa shape index (κ1) is 26.2. The molecule has 8 nitrogen and oxygen atoms in total. The molecule has 0 bridgehead atoms. The zero-order valence-corrected chi connectivity index (χ0v) is 23.5. The van der Waals surface area contributed by atoms with Gasteiger partial charge in [-0.3, -0.25) is 19.5 Å². The number of hydrogen-bond donors (Lipinski definition) is 0. The number of nitrogens with zero attached hydrogens (tertiary/aromatic N) is 5. The highest BCUT2D eigenvalue weighted by atomic mass is 16.2. The highest BCUT2D eigenvalue weighted by molar-refractivity contribution is 6.23. The number of amides is 4. The highest BCUT2D eigenvalue weighted by Gasteiger charge is 2.52. The number of likely N-dealkylation sites (tertiary alicyclic amines) is 1. The van der Waals surface area contributed by atoms with Crippen LogP contribution in [0.4, 0.5) is 16.2 Å². The van der Waals surface area contributed by atoms with Crippen LogP contribution >= 0.6 is 0 Å². The molecule has 4 heterocycles. The summed E-state index contributed by atoms with van der Waals surface area (Å²) in [6.45, 7) is 10.4. The molecule has 3 aromatic rings. The molecule has 0 N–H and O–H groups in total. The van der Waals surface area contributed by atoms with Gasteiger partial charge >= 0.3 is 6.03 Å². The van der Waals surface area contributed by atoms with Gasteiger partial charge in [-0.15, -0.1) is 0 Å². The summed E-state index contributed by atoms with van der Waals surface area (Å²) in [7, 11) is 0. The first-order chi connectivity index (χ1) is 19.1. The number of carbonyl (C=O) groups excluding carboxylic acids is 3. The molecule has 0 saturated carbocycles. The maximum Gasteiger partial charge on any atom is 0.332 e. The van der Waals surface area contributed by atoms with Crippen LogP contribution in [0, 0.1) is 0 Å². The Hall–Kier alpha value is -4.04. The second kappa shape index (κ2) is 9.55. The van der Waals surface area contributed by atoms with E-state index in [9.17, 15) is 14.4 Å². The summed E-state index contributed by atoms with van der Waals surface area (Å²) in [5.41, 5.74) is 2.86. The molecule has 6 rings (SSSR count). The molecule has 2 aromatic carbocycles. The van der Waals surface area contributed by atoms with E-state index in [0.717, 1.165) is 41.9 Å². The second-order valence-electron chi connectivity index (χ2n) is 12.1. The van der Waals surface area contributed by atoms with Gasteiger partial charge < -0.3 is 9.80 Å². The lowest BCUT2D eigenvalue weighted by Crippen LogP contribution is -2.49. The molecular weight excluding hydrogens is 502 g/mol. The van der Waals surface area contributed by atoms with Crippen LogP contribution in [0.25, 0.3) is 0 Å². The molecule has 2 saturated heterocycles. The Bertz CT molecular complexity index is 1470. The van der Waals surface area contributed by atoms with E-state index < -0.39 is 5.54 Å². The fourth-order valence-electron chi connectivity index (χ4n) is 6.11. The fourth-order valence-corrected chi connectivity index (χ4v) is 6.11.